The molecule has 0 saturated carbocycles. The highest BCUT2D eigenvalue weighted by atomic mass is 32.1. The van der Waals surface area contributed by atoms with Gasteiger partial charge in [0, 0.05) is 17.2 Å². The number of fused-ring (bicyclic) bond motifs is 1. The highest BCUT2D eigenvalue weighted by Gasteiger charge is 2.29. The molecule has 0 radical (unpaired) electrons. The second-order valence-electron chi connectivity index (χ2n) is 4.06. The predicted molar refractivity (Wildman–Crippen MR) is 67.2 cm³/mol. The summed E-state index contributed by atoms with van der Waals surface area (Å²) in [6.07, 6.45) is -5.05. The molecule has 1 aromatic carbocycles. The Bertz CT molecular complexity index is 521. The van der Waals surface area contributed by atoms with Gasteiger partial charge in [-0.15, -0.1) is 11.3 Å². The van der Waals surface area contributed by atoms with Gasteiger partial charge in [-0.05, 0) is 28.8 Å². The van der Waals surface area contributed by atoms with E-state index >= 15 is 0 Å². The molecule has 0 amide bonds. The molecule has 1 atom stereocenters. The van der Waals surface area contributed by atoms with E-state index in [1.807, 2.05) is 29.6 Å². The minimum atomic E-state index is -4.15. The molecule has 1 heterocycles. The third-order valence-corrected chi connectivity index (χ3v) is 3.79. The SMILES string of the molecule is NNC(CCC(F)(F)F)c1csc2ccccc12. The van der Waals surface area contributed by atoms with E-state index in [0.717, 1.165) is 15.6 Å². The van der Waals surface area contributed by atoms with Gasteiger partial charge in [0.15, 0.2) is 0 Å². The molecular weight excluding hydrogens is 261 g/mol. The molecule has 18 heavy (non-hydrogen) atoms. The van der Waals surface area contributed by atoms with Crippen LogP contribution in [0.25, 0.3) is 10.1 Å². The number of hydrogen-bond donors (Lipinski definition) is 2. The van der Waals surface area contributed by atoms with Gasteiger partial charge in [-0.25, -0.2) is 0 Å². The van der Waals surface area contributed by atoms with E-state index in [-0.39, 0.29) is 6.42 Å². The van der Waals surface area contributed by atoms with Crippen molar-refractivity contribution in [1.82, 2.24) is 5.43 Å². The van der Waals surface area contributed by atoms with Gasteiger partial charge in [0.05, 0.1) is 0 Å². The molecule has 0 aliphatic heterocycles. The van der Waals surface area contributed by atoms with E-state index in [1.54, 1.807) is 0 Å². The largest absolute Gasteiger partial charge is 0.389 e. The van der Waals surface area contributed by atoms with Crippen LogP contribution in [0, 0.1) is 0 Å². The zero-order valence-corrected chi connectivity index (χ0v) is 10.3. The van der Waals surface area contributed by atoms with Crippen LogP contribution >= 0.6 is 11.3 Å². The number of benzene rings is 1. The van der Waals surface area contributed by atoms with Crippen LogP contribution in [0.2, 0.25) is 0 Å². The van der Waals surface area contributed by atoms with Crippen molar-refractivity contribution < 1.29 is 13.2 Å². The van der Waals surface area contributed by atoms with Crippen molar-refractivity contribution in [1.29, 1.82) is 0 Å². The first-order valence-corrected chi connectivity index (χ1v) is 6.38. The molecule has 0 aliphatic carbocycles. The van der Waals surface area contributed by atoms with Gasteiger partial charge >= 0.3 is 6.18 Å². The molecule has 0 bridgehead atoms. The van der Waals surface area contributed by atoms with Crippen LogP contribution in [-0.4, -0.2) is 6.18 Å². The lowest BCUT2D eigenvalue weighted by molar-refractivity contribution is -0.136. The monoisotopic (exact) mass is 274 g/mol. The maximum absolute atomic E-state index is 12.2. The summed E-state index contributed by atoms with van der Waals surface area (Å²) in [5.74, 6) is 5.37. The van der Waals surface area contributed by atoms with Gasteiger partial charge in [-0.2, -0.15) is 13.2 Å². The summed E-state index contributed by atoms with van der Waals surface area (Å²) in [7, 11) is 0. The molecule has 0 aliphatic rings. The van der Waals surface area contributed by atoms with Gasteiger partial charge in [0.1, 0.15) is 0 Å². The van der Waals surface area contributed by atoms with E-state index < -0.39 is 18.6 Å². The fraction of sp³-hybridized carbons (Fsp3) is 0.333. The summed E-state index contributed by atoms with van der Waals surface area (Å²) in [6.45, 7) is 0. The summed E-state index contributed by atoms with van der Waals surface area (Å²) in [6, 6.07) is 7.15. The number of alkyl halides is 3. The molecule has 2 nitrogen and oxygen atoms in total. The summed E-state index contributed by atoms with van der Waals surface area (Å²) < 4.78 is 37.8. The number of hydrogen-bond acceptors (Lipinski definition) is 3. The fourth-order valence-electron chi connectivity index (χ4n) is 1.90. The highest BCUT2D eigenvalue weighted by Crippen LogP contribution is 2.34. The lowest BCUT2D eigenvalue weighted by atomic mass is 10.0. The number of rotatable bonds is 4. The van der Waals surface area contributed by atoms with Crippen molar-refractivity contribution in [2.24, 2.45) is 5.84 Å². The number of halogens is 3. The van der Waals surface area contributed by atoms with Crippen LogP contribution < -0.4 is 11.3 Å². The summed E-state index contributed by atoms with van der Waals surface area (Å²) >= 11 is 1.51. The first-order chi connectivity index (χ1) is 8.51. The van der Waals surface area contributed by atoms with Crippen molar-refractivity contribution in [3.63, 3.8) is 0 Å². The number of nitrogens with two attached hydrogens (primary N) is 1. The Kier molecular flexibility index (Phi) is 3.89. The van der Waals surface area contributed by atoms with Crippen molar-refractivity contribution in [2.75, 3.05) is 0 Å². The summed E-state index contributed by atoms with van der Waals surface area (Å²) in [5, 5.41) is 2.83. The van der Waals surface area contributed by atoms with E-state index in [1.165, 1.54) is 11.3 Å². The Hall–Kier alpha value is -1.11. The predicted octanol–water partition coefficient (Wildman–Crippen LogP) is 3.75. The third kappa shape index (κ3) is 3.01. The van der Waals surface area contributed by atoms with Gasteiger partial charge in [-0.1, -0.05) is 18.2 Å². The molecule has 1 unspecified atom stereocenters. The molecule has 6 heteroatoms. The van der Waals surface area contributed by atoms with Crippen molar-refractivity contribution >= 4 is 21.4 Å². The molecule has 2 rings (SSSR count). The average Bonchev–Trinajstić information content (AvgIpc) is 2.73. The fourth-order valence-corrected chi connectivity index (χ4v) is 2.92. The number of thiophene rings is 1. The molecule has 3 N–H and O–H groups in total. The van der Waals surface area contributed by atoms with Crippen molar-refractivity contribution in [2.45, 2.75) is 25.1 Å². The Balaban J connectivity index is 2.22. The average molecular weight is 274 g/mol. The first kappa shape index (κ1) is 13.3. The molecule has 1 aromatic heterocycles. The minimum Gasteiger partial charge on any atom is -0.271 e. The van der Waals surface area contributed by atoms with Crippen LogP contribution in [0.1, 0.15) is 24.4 Å². The van der Waals surface area contributed by atoms with E-state index in [2.05, 4.69) is 5.43 Å². The quantitative estimate of drug-likeness (QED) is 0.658. The van der Waals surface area contributed by atoms with Gasteiger partial charge in [-0.3, -0.25) is 11.3 Å². The zero-order valence-electron chi connectivity index (χ0n) is 9.50. The van der Waals surface area contributed by atoms with E-state index in [9.17, 15) is 13.2 Å². The summed E-state index contributed by atoms with van der Waals surface area (Å²) in [5.41, 5.74) is 3.31. The second kappa shape index (κ2) is 5.26. The molecule has 2 aromatic rings. The highest BCUT2D eigenvalue weighted by molar-refractivity contribution is 7.17. The minimum absolute atomic E-state index is 0.0548. The van der Waals surface area contributed by atoms with Crippen LogP contribution in [0.4, 0.5) is 13.2 Å². The number of nitrogens with one attached hydrogen (secondary N) is 1. The molecule has 98 valence electrons. The topological polar surface area (TPSA) is 38.0 Å². The molecular formula is C12H13F3N2S. The van der Waals surface area contributed by atoms with Crippen LogP contribution in [0.3, 0.4) is 0 Å². The van der Waals surface area contributed by atoms with Crippen LogP contribution in [0.5, 0.6) is 0 Å². The van der Waals surface area contributed by atoms with Gasteiger partial charge < -0.3 is 0 Å². The third-order valence-electron chi connectivity index (χ3n) is 2.80. The first-order valence-electron chi connectivity index (χ1n) is 5.50. The molecule has 0 fully saturated rings. The standard InChI is InChI=1S/C12H13F3N2S/c13-12(14,15)6-5-10(17-16)9-7-18-11-4-2-1-3-8(9)11/h1-4,7,10,17H,5-6,16H2. The Morgan fingerprint density at radius 1 is 1.28 bits per heavy atom. The summed E-state index contributed by atoms with van der Waals surface area (Å²) in [4.78, 5) is 0. The van der Waals surface area contributed by atoms with Gasteiger partial charge in [0.25, 0.3) is 0 Å². The van der Waals surface area contributed by atoms with Crippen molar-refractivity contribution in [3.8, 4) is 0 Å². The van der Waals surface area contributed by atoms with Gasteiger partial charge in [0.2, 0.25) is 0 Å². The Morgan fingerprint density at radius 3 is 2.67 bits per heavy atom. The lowest BCUT2D eigenvalue weighted by Crippen LogP contribution is -2.29. The van der Waals surface area contributed by atoms with Crippen LogP contribution in [0.15, 0.2) is 29.6 Å². The van der Waals surface area contributed by atoms with Crippen LogP contribution in [-0.2, 0) is 0 Å². The van der Waals surface area contributed by atoms with Crippen molar-refractivity contribution in [3.05, 3.63) is 35.2 Å². The molecule has 0 saturated heterocycles. The normalized spacial score (nSPS) is 14.0. The zero-order chi connectivity index (χ0) is 13.2. The maximum Gasteiger partial charge on any atom is 0.389 e. The second-order valence-corrected chi connectivity index (χ2v) is 4.97. The smallest absolute Gasteiger partial charge is 0.271 e. The number of hydrazine groups is 1. The maximum atomic E-state index is 12.2. The van der Waals surface area contributed by atoms with E-state index in [0.29, 0.717) is 0 Å². The Morgan fingerprint density at radius 2 is 2.00 bits per heavy atom. The molecule has 0 spiro atoms. The van der Waals surface area contributed by atoms with E-state index in [4.69, 9.17) is 5.84 Å². The lowest BCUT2D eigenvalue weighted by Gasteiger charge is -2.16. The Labute approximate surface area is 107 Å².